The number of nitrogens with zero attached hydrogens (tertiary/aromatic N) is 1. The predicted octanol–water partition coefficient (Wildman–Crippen LogP) is 4.72. The molecule has 3 amide bonds. The van der Waals surface area contributed by atoms with Gasteiger partial charge in [0.05, 0.1) is 11.3 Å². The third kappa shape index (κ3) is 4.00. The Balaban J connectivity index is 1.74. The predicted molar refractivity (Wildman–Crippen MR) is 124 cm³/mol. The van der Waals surface area contributed by atoms with Gasteiger partial charge in [0.15, 0.2) is 0 Å². The highest BCUT2D eigenvalue weighted by Gasteiger charge is 2.40. The van der Waals surface area contributed by atoms with Gasteiger partial charge in [-0.2, -0.15) is 0 Å². The summed E-state index contributed by atoms with van der Waals surface area (Å²) in [7, 11) is 0. The molecule has 0 saturated heterocycles. The fraction of sp³-hybridized carbons (Fsp3) is 0.125. The van der Waals surface area contributed by atoms with Crippen LogP contribution in [0.4, 0.5) is 17.1 Å². The zero-order valence-electron chi connectivity index (χ0n) is 17.4. The molecule has 2 aromatic carbocycles. The quantitative estimate of drug-likeness (QED) is 0.573. The molecular weight excluding hydrogens is 410 g/mol. The smallest absolute Gasteiger partial charge is 0.282 e. The molecule has 1 aromatic heterocycles. The van der Waals surface area contributed by atoms with Crippen LogP contribution >= 0.6 is 11.3 Å². The molecule has 0 unspecified atom stereocenters. The highest BCUT2D eigenvalue weighted by molar-refractivity contribution is 7.11. The summed E-state index contributed by atoms with van der Waals surface area (Å²) < 4.78 is 0. The van der Waals surface area contributed by atoms with E-state index in [-0.39, 0.29) is 17.5 Å². The van der Waals surface area contributed by atoms with Gasteiger partial charge in [-0.25, -0.2) is 4.90 Å². The van der Waals surface area contributed by atoms with Crippen LogP contribution in [0.3, 0.4) is 0 Å². The molecule has 0 spiro atoms. The van der Waals surface area contributed by atoms with E-state index in [1.807, 2.05) is 49.6 Å². The second kappa shape index (κ2) is 8.20. The zero-order chi connectivity index (χ0) is 22.1. The van der Waals surface area contributed by atoms with Crippen molar-refractivity contribution in [3.63, 3.8) is 0 Å². The monoisotopic (exact) mass is 431 g/mol. The minimum Gasteiger partial charge on any atom is -0.350 e. The normalized spacial score (nSPS) is 13.7. The minimum atomic E-state index is -0.415. The first-order valence-electron chi connectivity index (χ1n) is 9.74. The second-order valence-electron chi connectivity index (χ2n) is 7.34. The first-order chi connectivity index (χ1) is 14.8. The van der Waals surface area contributed by atoms with Crippen molar-refractivity contribution >= 4 is 51.7 Å². The van der Waals surface area contributed by atoms with E-state index in [2.05, 4.69) is 10.6 Å². The summed E-state index contributed by atoms with van der Waals surface area (Å²) in [5, 5.41) is 7.78. The standard InChI is InChI=1S/C24H21N3O3S/c1-14-6-7-15(2)19(13-14)26-22-21(20-5-4-12-31-20)23(29)27(24(22)30)18-10-8-17(9-11-18)25-16(3)28/h4-13,26H,1-3H3,(H,25,28). The number of carbonyl (C=O) groups is 3. The van der Waals surface area contributed by atoms with Gasteiger partial charge < -0.3 is 10.6 Å². The van der Waals surface area contributed by atoms with Crippen LogP contribution in [-0.4, -0.2) is 17.7 Å². The Hall–Kier alpha value is -3.71. The van der Waals surface area contributed by atoms with Gasteiger partial charge in [-0.1, -0.05) is 18.2 Å². The van der Waals surface area contributed by atoms with E-state index in [9.17, 15) is 14.4 Å². The van der Waals surface area contributed by atoms with Crippen molar-refractivity contribution in [3.8, 4) is 0 Å². The first-order valence-corrected chi connectivity index (χ1v) is 10.6. The molecule has 0 fully saturated rings. The molecule has 156 valence electrons. The number of amides is 3. The SMILES string of the molecule is CC(=O)Nc1ccc(N2C(=O)C(Nc3cc(C)ccc3C)=C(c3cccs3)C2=O)cc1. The molecule has 0 bridgehead atoms. The number of rotatable bonds is 5. The summed E-state index contributed by atoms with van der Waals surface area (Å²) in [4.78, 5) is 39.9. The number of hydrogen-bond donors (Lipinski definition) is 2. The maximum absolute atomic E-state index is 13.4. The van der Waals surface area contributed by atoms with Crippen molar-refractivity contribution in [2.45, 2.75) is 20.8 Å². The van der Waals surface area contributed by atoms with Gasteiger partial charge in [-0.15, -0.1) is 11.3 Å². The van der Waals surface area contributed by atoms with Crippen LogP contribution < -0.4 is 15.5 Å². The van der Waals surface area contributed by atoms with E-state index < -0.39 is 5.91 Å². The lowest BCUT2D eigenvalue weighted by Gasteiger charge is -2.16. The summed E-state index contributed by atoms with van der Waals surface area (Å²) in [5.74, 6) is -0.989. The van der Waals surface area contributed by atoms with E-state index in [1.165, 1.54) is 23.2 Å². The van der Waals surface area contributed by atoms with E-state index in [4.69, 9.17) is 0 Å². The van der Waals surface area contributed by atoms with Gasteiger partial charge in [0.2, 0.25) is 5.91 Å². The molecule has 6 nitrogen and oxygen atoms in total. The lowest BCUT2D eigenvalue weighted by atomic mass is 10.1. The summed E-state index contributed by atoms with van der Waals surface area (Å²) in [6.45, 7) is 5.35. The molecule has 0 radical (unpaired) electrons. The van der Waals surface area contributed by atoms with Gasteiger partial charge in [-0.3, -0.25) is 14.4 Å². The van der Waals surface area contributed by atoms with Crippen LogP contribution in [0.2, 0.25) is 0 Å². The third-order valence-electron chi connectivity index (χ3n) is 4.95. The Bertz CT molecular complexity index is 1210. The Labute approximate surface area is 184 Å². The van der Waals surface area contributed by atoms with Gasteiger partial charge >= 0.3 is 0 Å². The van der Waals surface area contributed by atoms with Crippen molar-refractivity contribution in [3.05, 3.63) is 81.7 Å². The fourth-order valence-electron chi connectivity index (χ4n) is 3.43. The van der Waals surface area contributed by atoms with E-state index in [1.54, 1.807) is 24.3 Å². The zero-order valence-corrected chi connectivity index (χ0v) is 18.2. The van der Waals surface area contributed by atoms with Crippen LogP contribution in [0.1, 0.15) is 22.9 Å². The Morgan fingerprint density at radius 1 is 0.968 bits per heavy atom. The highest BCUT2D eigenvalue weighted by Crippen LogP contribution is 2.36. The van der Waals surface area contributed by atoms with Gasteiger partial charge in [0.1, 0.15) is 5.70 Å². The van der Waals surface area contributed by atoms with Crippen LogP contribution in [0.15, 0.2) is 65.7 Å². The number of anilines is 3. The van der Waals surface area contributed by atoms with Crippen molar-refractivity contribution in [1.82, 2.24) is 0 Å². The summed E-state index contributed by atoms with van der Waals surface area (Å²) in [5.41, 5.74) is 4.45. The van der Waals surface area contributed by atoms with Crippen LogP contribution in [-0.2, 0) is 14.4 Å². The van der Waals surface area contributed by atoms with Gasteiger partial charge in [0, 0.05) is 23.2 Å². The molecule has 31 heavy (non-hydrogen) atoms. The number of nitrogens with one attached hydrogen (secondary N) is 2. The van der Waals surface area contributed by atoms with Crippen molar-refractivity contribution in [1.29, 1.82) is 0 Å². The largest absolute Gasteiger partial charge is 0.350 e. The van der Waals surface area contributed by atoms with Crippen molar-refractivity contribution in [2.24, 2.45) is 0 Å². The lowest BCUT2D eigenvalue weighted by Crippen LogP contribution is -2.32. The van der Waals surface area contributed by atoms with Gasteiger partial charge in [-0.05, 0) is 66.8 Å². The van der Waals surface area contributed by atoms with Gasteiger partial charge in [0.25, 0.3) is 11.8 Å². The minimum absolute atomic E-state index is 0.192. The van der Waals surface area contributed by atoms with Crippen LogP contribution in [0.5, 0.6) is 0 Å². The van der Waals surface area contributed by atoms with E-state index in [0.29, 0.717) is 16.9 Å². The third-order valence-corrected chi connectivity index (χ3v) is 5.84. The fourth-order valence-corrected chi connectivity index (χ4v) is 4.20. The molecular formula is C24H21N3O3S. The Kier molecular flexibility index (Phi) is 5.44. The number of thiophene rings is 1. The van der Waals surface area contributed by atoms with Crippen molar-refractivity contribution in [2.75, 3.05) is 15.5 Å². The van der Waals surface area contributed by atoms with Crippen molar-refractivity contribution < 1.29 is 14.4 Å². The van der Waals surface area contributed by atoms with E-state index >= 15 is 0 Å². The topological polar surface area (TPSA) is 78.5 Å². The highest BCUT2D eigenvalue weighted by atomic mass is 32.1. The molecule has 4 rings (SSSR count). The second-order valence-corrected chi connectivity index (χ2v) is 8.29. The number of hydrogen-bond acceptors (Lipinski definition) is 5. The molecule has 1 aliphatic rings. The molecule has 3 aromatic rings. The number of imide groups is 1. The average Bonchev–Trinajstić information content (AvgIpc) is 3.32. The average molecular weight is 432 g/mol. The van der Waals surface area contributed by atoms with Crippen LogP contribution in [0.25, 0.3) is 5.57 Å². The summed E-state index contributed by atoms with van der Waals surface area (Å²) >= 11 is 1.41. The van der Waals surface area contributed by atoms with Crippen LogP contribution in [0, 0.1) is 13.8 Å². The molecule has 1 aliphatic heterocycles. The summed E-state index contributed by atoms with van der Waals surface area (Å²) in [6, 6.07) is 16.2. The molecule has 2 heterocycles. The maximum atomic E-state index is 13.4. The maximum Gasteiger partial charge on any atom is 0.282 e. The Morgan fingerprint density at radius 3 is 2.35 bits per heavy atom. The summed E-state index contributed by atoms with van der Waals surface area (Å²) in [6.07, 6.45) is 0. The molecule has 0 aliphatic carbocycles. The Morgan fingerprint density at radius 2 is 1.71 bits per heavy atom. The number of carbonyl (C=O) groups excluding carboxylic acids is 3. The lowest BCUT2D eigenvalue weighted by molar-refractivity contribution is -0.120. The number of aryl methyl sites for hydroxylation is 2. The molecule has 7 heteroatoms. The first kappa shape index (κ1) is 20.6. The molecule has 0 atom stereocenters. The van der Waals surface area contributed by atoms with E-state index in [0.717, 1.165) is 21.7 Å². The number of benzene rings is 2. The molecule has 0 saturated carbocycles. The molecule has 2 N–H and O–H groups in total.